The molecular formula is C18H18N2O3. The van der Waals surface area contributed by atoms with E-state index in [2.05, 4.69) is 0 Å². The van der Waals surface area contributed by atoms with Crippen LogP contribution in [0.15, 0.2) is 42.6 Å². The summed E-state index contributed by atoms with van der Waals surface area (Å²) in [6.45, 7) is 2.01. The molecule has 0 spiro atoms. The van der Waals surface area contributed by atoms with E-state index < -0.39 is 5.97 Å². The van der Waals surface area contributed by atoms with Crippen LogP contribution in [0.5, 0.6) is 5.75 Å². The summed E-state index contributed by atoms with van der Waals surface area (Å²) < 4.78 is 7.15. The highest BCUT2D eigenvalue weighted by Gasteiger charge is 2.15. The first kappa shape index (κ1) is 15.1. The van der Waals surface area contributed by atoms with Gasteiger partial charge in [0.15, 0.2) is 0 Å². The molecule has 3 aromatic rings. The number of aryl methyl sites for hydroxylation is 2. The summed E-state index contributed by atoms with van der Waals surface area (Å²) in [4.78, 5) is 15.7. The minimum absolute atomic E-state index is 0.0742. The number of carboxylic acid groups (broad SMARTS) is 1. The highest BCUT2D eigenvalue weighted by Crippen LogP contribution is 2.27. The highest BCUT2D eigenvalue weighted by molar-refractivity contribution is 5.70. The van der Waals surface area contributed by atoms with Crippen LogP contribution in [0.4, 0.5) is 0 Å². The van der Waals surface area contributed by atoms with Crippen molar-refractivity contribution in [3.8, 4) is 17.0 Å². The number of carboxylic acids is 1. The molecule has 0 radical (unpaired) electrons. The molecule has 5 heteroatoms. The van der Waals surface area contributed by atoms with Crippen molar-refractivity contribution in [2.75, 3.05) is 7.11 Å². The van der Waals surface area contributed by atoms with Gasteiger partial charge in [0.2, 0.25) is 0 Å². The molecule has 3 rings (SSSR count). The molecule has 1 N–H and O–H groups in total. The second kappa shape index (κ2) is 6.12. The monoisotopic (exact) mass is 310 g/mol. The van der Waals surface area contributed by atoms with Crippen molar-refractivity contribution in [1.29, 1.82) is 0 Å². The molecular weight excluding hydrogens is 292 g/mol. The Labute approximate surface area is 134 Å². The fourth-order valence-corrected chi connectivity index (χ4v) is 2.64. The summed E-state index contributed by atoms with van der Waals surface area (Å²) >= 11 is 0. The van der Waals surface area contributed by atoms with Gasteiger partial charge >= 0.3 is 5.97 Å². The van der Waals surface area contributed by atoms with Crippen LogP contribution in [0.2, 0.25) is 0 Å². The summed E-state index contributed by atoms with van der Waals surface area (Å²) in [6, 6.07) is 11.6. The number of ether oxygens (including phenoxy) is 1. The number of hydrogen-bond donors (Lipinski definition) is 1. The lowest BCUT2D eigenvalue weighted by Crippen LogP contribution is -2.01. The van der Waals surface area contributed by atoms with E-state index in [1.54, 1.807) is 7.11 Å². The van der Waals surface area contributed by atoms with E-state index in [1.807, 2.05) is 53.9 Å². The Balaban J connectivity index is 2.12. The fourth-order valence-electron chi connectivity index (χ4n) is 2.64. The standard InChI is InChI=1S/C18H18N2O3/c1-12-9-10-20-15(7-8-17(21)22)18(19-16(20)11-12)13-3-5-14(23-2)6-4-13/h3-6,9-11H,7-8H2,1-2H3,(H,21,22). The lowest BCUT2D eigenvalue weighted by Gasteiger charge is -2.05. The minimum atomic E-state index is -0.812. The molecule has 0 unspecified atom stereocenters. The summed E-state index contributed by atoms with van der Waals surface area (Å²) in [5, 5.41) is 9.01. The molecule has 0 bridgehead atoms. The Morgan fingerprint density at radius 1 is 1.26 bits per heavy atom. The van der Waals surface area contributed by atoms with E-state index in [0.29, 0.717) is 6.42 Å². The molecule has 0 aliphatic carbocycles. The van der Waals surface area contributed by atoms with Crippen LogP contribution in [0, 0.1) is 6.92 Å². The lowest BCUT2D eigenvalue weighted by molar-refractivity contribution is -0.136. The van der Waals surface area contributed by atoms with E-state index in [-0.39, 0.29) is 6.42 Å². The van der Waals surface area contributed by atoms with Gasteiger partial charge in [0.25, 0.3) is 0 Å². The van der Waals surface area contributed by atoms with Crippen molar-refractivity contribution in [3.63, 3.8) is 0 Å². The smallest absolute Gasteiger partial charge is 0.303 e. The Morgan fingerprint density at radius 2 is 2.00 bits per heavy atom. The number of aliphatic carboxylic acids is 1. The lowest BCUT2D eigenvalue weighted by atomic mass is 10.1. The molecule has 2 aromatic heterocycles. The number of carbonyl (C=O) groups is 1. The zero-order valence-electron chi connectivity index (χ0n) is 13.1. The molecule has 0 amide bonds. The van der Waals surface area contributed by atoms with Crippen molar-refractivity contribution in [1.82, 2.24) is 9.38 Å². The predicted octanol–water partition coefficient (Wildman–Crippen LogP) is 3.34. The average Bonchev–Trinajstić information content (AvgIpc) is 2.90. The number of nitrogens with zero attached hydrogens (tertiary/aromatic N) is 2. The van der Waals surface area contributed by atoms with Crippen molar-refractivity contribution >= 4 is 11.6 Å². The molecule has 5 nitrogen and oxygen atoms in total. The van der Waals surface area contributed by atoms with Gasteiger partial charge in [-0.1, -0.05) is 0 Å². The number of pyridine rings is 1. The van der Waals surface area contributed by atoms with Gasteiger partial charge in [0, 0.05) is 18.2 Å². The van der Waals surface area contributed by atoms with Gasteiger partial charge in [-0.2, -0.15) is 0 Å². The summed E-state index contributed by atoms with van der Waals surface area (Å²) in [7, 11) is 1.63. The normalized spacial score (nSPS) is 10.9. The maximum atomic E-state index is 11.0. The van der Waals surface area contributed by atoms with E-state index in [1.165, 1.54) is 0 Å². The molecule has 1 aromatic carbocycles. The molecule has 2 heterocycles. The number of fused-ring (bicyclic) bond motifs is 1. The van der Waals surface area contributed by atoms with E-state index in [9.17, 15) is 4.79 Å². The van der Waals surface area contributed by atoms with Crippen LogP contribution in [-0.4, -0.2) is 27.6 Å². The maximum Gasteiger partial charge on any atom is 0.303 e. The highest BCUT2D eigenvalue weighted by atomic mass is 16.5. The topological polar surface area (TPSA) is 63.8 Å². The molecule has 0 aliphatic rings. The van der Waals surface area contributed by atoms with Crippen LogP contribution >= 0.6 is 0 Å². The summed E-state index contributed by atoms with van der Waals surface area (Å²) in [6.07, 6.45) is 2.45. The molecule has 0 aliphatic heterocycles. The van der Waals surface area contributed by atoms with Crippen LogP contribution in [0.1, 0.15) is 17.7 Å². The molecule has 118 valence electrons. The van der Waals surface area contributed by atoms with E-state index in [0.717, 1.165) is 33.9 Å². The van der Waals surface area contributed by atoms with Gasteiger partial charge in [0.1, 0.15) is 11.4 Å². The van der Waals surface area contributed by atoms with E-state index >= 15 is 0 Å². The molecule has 0 atom stereocenters. The Bertz CT molecular complexity index is 851. The first-order valence-electron chi connectivity index (χ1n) is 7.42. The minimum Gasteiger partial charge on any atom is -0.497 e. The Kier molecular flexibility index (Phi) is 4.02. The van der Waals surface area contributed by atoms with Crippen molar-refractivity contribution in [3.05, 3.63) is 53.9 Å². The third-order valence-corrected chi connectivity index (χ3v) is 3.82. The van der Waals surface area contributed by atoms with Crippen molar-refractivity contribution in [2.24, 2.45) is 0 Å². The second-order valence-corrected chi connectivity index (χ2v) is 5.46. The number of rotatable bonds is 5. The third-order valence-electron chi connectivity index (χ3n) is 3.82. The quantitative estimate of drug-likeness (QED) is 0.785. The van der Waals surface area contributed by atoms with Crippen LogP contribution in [0.25, 0.3) is 16.9 Å². The van der Waals surface area contributed by atoms with Gasteiger partial charge < -0.3 is 14.2 Å². The number of imidazole rings is 1. The Hall–Kier alpha value is -2.82. The molecule has 0 saturated carbocycles. The van der Waals surface area contributed by atoms with Gasteiger partial charge in [0.05, 0.1) is 24.9 Å². The average molecular weight is 310 g/mol. The first-order chi connectivity index (χ1) is 11.1. The van der Waals surface area contributed by atoms with Crippen LogP contribution < -0.4 is 4.74 Å². The second-order valence-electron chi connectivity index (χ2n) is 5.46. The van der Waals surface area contributed by atoms with Crippen LogP contribution in [0.3, 0.4) is 0 Å². The van der Waals surface area contributed by atoms with Gasteiger partial charge in [-0.05, 0) is 48.9 Å². The maximum absolute atomic E-state index is 11.0. The van der Waals surface area contributed by atoms with Crippen molar-refractivity contribution < 1.29 is 14.6 Å². The first-order valence-corrected chi connectivity index (χ1v) is 7.42. The largest absolute Gasteiger partial charge is 0.497 e. The van der Waals surface area contributed by atoms with Gasteiger partial charge in [-0.15, -0.1) is 0 Å². The Morgan fingerprint density at radius 3 is 2.65 bits per heavy atom. The zero-order chi connectivity index (χ0) is 16.4. The number of hydrogen-bond acceptors (Lipinski definition) is 3. The van der Waals surface area contributed by atoms with Crippen LogP contribution in [-0.2, 0) is 11.2 Å². The number of benzene rings is 1. The molecule has 0 saturated heterocycles. The molecule has 0 fully saturated rings. The van der Waals surface area contributed by atoms with Gasteiger partial charge in [-0.3, -0.25) is 4.79 Å². The fraction of sp³-hybridized carbons (Fsp3) is 0.222. The number of aromatic nitrogens is 2. The SMILES string of the molecule is COc1ccc(-c2nc3cc(C)ccn3c2CCC(=O)O)cc1. The van der Waals surface area contributed by atoms with E-state index in [4.69, 9.17) is 14.8 Å². The number of methoxy groups -OCH3 is 1. The van der Waals surface area contributed by atoms with Crippen molar-refractivity contribution in [2.45, 2.75) is 19.8 Å². The zero-order valence-corrected chi connectivity index (χ0v) is 13.1. The molecule has 23 heavy (non-hydrogen) atoms. The third kappa shape index (κ3) is 3.04. The summed E-state index contributed by atoms with van der Waals surface area (Å²) in [5.41, 5.74) is 4.63. The van der Waals surface area contributed by atoms with Gasteiger partial charge in [-0.25, -0.2) is 4.98 Å². The summed E-state index contributed by atoms with van der Waals surface area (Å²) in [5.74, 6) is -0.0341. The predicted molar refractivity (Wildman–Crippen MR) is 87.9 cm³/mol.